The Kier molecular flexibility index (Phi) is 5.99. The van der Waals surface area contributed by atoms with Gasteiger partial charge >= 0.3 is 5.97 Å². The van der Waals surface area contributed by atoms with Crippen molar-refractivity contribution in [1.82, 2.24) is 9.88 Å². The Bertz CT molecular complexity index is 738. The molecule has 0 N–H and O–H groups in total. The van der Waals surface area contributed by atoms with Crippen LogP contribution in [0.3, 0.4) is 0 Å². The number of piperidine rings is 1. The van der Waals surface area contributed by atoms with E-state index in [0.717, 1.165) is 25.1 Å². The maximum Gasteiger partial charge on any atom is 0.313 e. The predicted octanol–water partition coefficient (Wildman–Crippen LogP) is 3.61. The third-order valence-corrected chi connectivity index (χ3v) is 4.98. The zero-order valence-electron chi connectivity index (χ0n) is 15.2. The SMILES string of the molecule is CCOC(=O)C1(Cc2ccccc2F)CCCN(Cc2cccnc2)C1. The number of halogens is 1. The summed E-state index contributed by atoms with van der Waals surface area (Å²) in [7, 11) is 0. The molecule has 0 aliphatic carbocycles. The molecule has 1 aromatic heterocycles. The van der Waals surface area contributed by atoms with Crippen LogP contribution in [-0.4, -0.2) is 35.5 Å². The Balaban J connectivity index is 1.83. The van der Waals surface area contributed by atoms with Crippen LogP contribution in [0.1, 0.15) is 30.9 Å². The zero-order chi connectivity index (χ0) is 18.4. The number of benzene rings is 1. The van der Waals surface area contributed by atoms with Crippen LogP contribution in [0.2, 0.25) is 0 Å². The van der Waals surface area contributed by atoms with Gasteiger partial charge in [-0.2, -0.15) is 0 Å². The number of carbonyl (C=O) groups is 1. The molecule has 3 rings (SSSR count). The third kappa shape index (κ3) is 4.28. The van der Waals surface area contributed by atoms with Crippen molar-refractivity contribution in [2.75, 3.05) is 19.7 Å². The van der Waals surface area contributed by atoms with E-state index in [2.05, 4.69) is 9.88 Å². The molecule has 1 atom stereocenters. The smallest absolute Gasteiger partial charge is 0.313 e. The summed E-state index contributed by atoms with van der Waals surface area (Å²) in [5, 5.41) is 0. The summed E-state index contributed by atoms with van der Waals surface area (Å²) in [5.41, 5.74) is 0.973. The van der Waals surface area contributed by atoms with E-state index in [0.29, 0.717) is 31.6 Å². The quantitative estimate of drug-likeness (QED) is 0.742. The van der Waals surface area contributed by atoms with Crippen LogP contribution in [-0.2, 0) is 22.5 Å². The summed E-state index contributed by atoms with van der Waals surface area (Å²) < 4.78 is 19.6. The lowest BCUT2D eigenvalue weighted by molar-refractivity contribution is -0.159. The Hall–Kier alpha value is -2.27. The van der Waals surface area contributed by atoms with Crippen LogP contribution < -0.4 is 0 Å². The summed E-state index contributed by atoms with van der Waals surface area (Å²) in [6.07, 6.45) is 5.55. The van der Waals surface area contributed by atoms with Gasteiger partial charge < -0.3 is 4.74 Å². The Labute approximate surface area is 154 Å². The molecule has 138 valence electrons. The third-order valence-electron chi connectivity index (χ3n) is 4.98. The number of likely N-dealkylation sites (tertiary alicyclic amines) is 1. The lowest BCUT2D eigenvalue weighted by atomic mass is 9.75. The Morgan fingerprint density at radius 3 is 2.88 bits per heavy atom. The molecule has 1 aliphatic rings. The first-order valence-corrected chi connectivity index (χ1v) is 9.15. The maximum atomic E-state index is 14.2. The number of carbonyl (C=O) groups excluding carboxylic acids is 1. The van der Waals surface area contributed by atoms with Gasteiger partial charge in [0.25, 0.3) is 0 Å². The van der Waals surface area contributed by atoms with Crippen molar-refractivity contribution in [3.05, 3.63) is 65.7 Å². The highest BCUT2D eigenvalue weighted by Gasteiger charge is 2.44. The standard InChI is InChI=1S/C21H25FN2O2/c1-2-26-20(25)21(13-18-8-3-4-9-19(18)22)10-6-12-24(16-21)15-17-7-5-11-23-14-17/h3-5,7-9,11,14H,2,6,10,12-13,15-16H2,1H3. The second kappa shape index (κ2) is 8.41. The van der Waals surface area contributed by atoms with E-state index >= 15 is 0 Å². The van der Waals surface area contributed by atoms with Crippen molar-refractivity contribution < 1.29 is 13.9 Å². The summed E-state index contributed by atoms with van der Waals surface area (Å²) in [4.78, 5) is 19.3. The van der Waals surface area contributed by atoms with Crippen molar-refractivity contribution in [2.24, 2.45) is 5.41 Å². The van der Waals surface area contributed by atoms with E-state index < -0.39 is 5.41 Å². The lowest BCUT2D eigenvalue weighted by Gasteiger charge is -2.41. The number of rotatable bonds is 6. The molecule has 0 amide bonds. The fraction of sp³-hybridized carbons (Fsp3) is 0.429. The highest BCUT2D eigenvalue weighted by atomic mass is 19.1. The number of nitrogens with zero attached hydrogens (tertiary/aromatic N) is 2. The van der Waals surface area contributed by atoms with E-state index in [1.165, 1.54) is 6.07 Å². The maximum absolute atomic E-state index is 14.2. The monoisotopic (exact) mass is 356 g/mol. The van der Waals surface area contributed by atoms with E-state index in [9.17, 15) is 9.18 Å². The average molecular weight is 356 g/mol. The Morgan fingerprint density at radius 2 is 2.15 bits per heavy atom. The topological polar surface area (TPSA) is 42.4 Å². The van der Waals surface area contributed by atoms with Crippen molar-refractivity contribution in [2.45, 2.75) is 32.7 Å². The number of hydrogen-bond donors (Lipinski definition) is 0. The number of aromatic nitrogens is 1. The van der Waals surface area contributed by atoms with Crippen molar-refractivity contribution in [3.63, 3.8) is 0 Å². The van der Waals surface area contributed by atoms with Crippen molar-refractivity contribution in [3.8, 4) is 0 Å². The van der Waals surface area contributed by atoms with Gasteiger partial charge in [-0.1, -0.05) is 24.3 Å². The highest BCUT2D eigenvalue weighted by Crippen LogP contribution is 2.36. The molecule has 1 aliphatic heterocycles. The second-order valence-corrected chi connectivity index (χ2v) is 6.94. The van der Waals surface area contributed by atoms with E-state index in [1.807, 2.05) is 31.3 Å². The molecule has 1 aromatic carbocycles. The van der Waals surface area contributed by atoms with Gasteiger partial charge in [0.1, 0.15) is 5.82 Å². The molecule has 5 heteroatoms. The summed E-state index contributed by atoms with van der Waals surface area (Å²) in [5.74, 6) is -0.486. The summed E-state index contributed by atoms with van der Waals surface area (Å²) in [6, 6.07) is 10.6. The minimum atomic E-state index is -0.710. The largest absolute Gasteiger partial charge is 0.466 e. The average Bonchev–Trinajstić information content (AvgIpc) is 2.65. The zero-order valence-corrected chi connectivity index (χ0v) is 15.2. The van der Waals surface area contributed by atoms with E-state index in [-0.39, 0.29) is 11.8 Å². The van der Waals surface area contributed by atoms with E-state index in [1.54, 1.807) is 18.3 Å². The van der Waals surface area contributed by atoms with Gasteiger partial charge in [-0.3, -0.25) is 14.7 Å². The molecular weight excluding hydrogens is 331 g/mol. The number of hydrogen-bond acceptors (Lipinski definition) is 4. The van der Waals surface area contributed by atoms with Gasteiger partial charge in [0.2, 0.25) is 0 Å². The lowest BCUT2D eigenvalue weighted by Crippen LogP contribution is -2.49. The van der Waals surface area contributed by atoms with Crippen molar-refractivity contribution >= 4 is 5.97 Å². The highest BCUT2D eigenvalue weighted by molar-refractivity contribution is 5.77. The minimum Gasteiger partial charge on any atom is -0.466 e. The molecule has 26 heavy (non-hydrogen) atoms. The first kappa shape index (κ1) is 18.5. The van der Waals surface area contributed by atoms with Gasteiger partial charge in [-0.05, 0) is 56.0 Å². The van der Waals surface area contributed by atoms with Gasteiger partial charge in [-0.15, -0.1) is 0 Å². The Morgan fingerprint density at radius 1 is 1.31 bits per heavy atom. The minimum absolute atomic E-state index is 0.223. The first-order chi connectivity index (χ1) is 12.6. The van der Waals surface area contributed by atoms with Crippen LogP contribution in [0.5, 0.6) is 0 Å². The van der Waals surface area contributed by atoms with Gasteiger partial charge in [0, 0.05) is 25.5 Å². The molecule has 0 radical (unpaired) electrons. The molecular formula is C21H25FN2O2. The number of ether oxygens (including phenoxy) is 1. The fourth-order valence-corrected chi connectivity index (χ4v) is 3.79. The normalized spacial score (nSPS) is 20.7. The van der Waals surface area contributed by atoms with Crippen LogP contribution >= 0.6 is 0 Å². The van der Waals surface area contributed by atoms with Crippen LogP contribution in [0.4, 0.5) is 4.39 Å². The second-order valence-electron chi connectivity index (χ2n) is 6.94. The fourth-order valence-electron chi connectivity index (χ4n) is 3.79. The molecule has 2 aromatic rings. The molecule has 1 fully saturated rings. The molecule has 2 heterocycles. The van der Waals surface area contributed by atoms with Gasteiger partial charge in [0.15, 0.2) is 0 Å². The molecule has 1 unspecified atom stereocenters. The summed E-state index contributed by atoms with van der Waals surface area (Å²) >= 11 is 0. The van der Waals surface area contributed by atoms with E-state index in [4.69, 9.17) is 4.74 Å². The summed E-state index contributed by atoms with van der Waals surface area (Å²) in [6.45, 7) is 4.35. The van der Waals surface area contributed by atoms with Crippen molar-refractivity contribution in [1.29, 1.82) is 0 Å². The van der Waals surface area contributed by atoms with Crippen LogP contribution in [0.15, 0.2) is 48.8 Å². The molecule has 0 saturated carbocycles. The first-order valence-electron chi connectivity index (χ1n) is 9.15. The van der Waals surface area contributed by atoms with Crippen LogP contribution in [0.25, 0.3) is 0 Å². The predicted molar refractivity (Wildman–Crippen MR) is 97.9 cm³/mol. The number of esters is 1. The molecule has 4 nitrogen and oxygen atoms in total. The number of pyridine rings is 1. The van der Waals surface area contributed by atoms with Gasteiger partial charge in [0.05, 0.1) is 12.0 Å². The molecule has 0 spiro atoms. The van der Waals surface area contributed by atoms with Crippen LogP contribution in [0, 0.1) is 11.2 Å². The molecule has 0 bridgehead atoms. The van der Waals surface area contributed by atoms with Gasteiger partial charge in [-0.25, -0.2) is 4.39 Å². The molecule has 1 saturated heterocycles.